The quantitative estimate of drug-likeness (QED) is 0.824. The van der Waals surface area contributed by atoms with Crippen LogP contribution >= 0.6 is 12.4 Å². The van der Waals surface area contributed by atoms with Crippen LogP contribution < -0.4 is 15.8 Å². The van der Waals surface area contributed by atoms with E-state index in [9.17, 15) is 13.6 Å². The van der Waals surface area contributed by atoms with Crippen LogP contribution in [0.5, 0.6) is 5.88 Å². The first-order valence-electron chi connectivity index (χ1n) is 5.39. The number of carbonyl (C=O) groups is 1. The third-order valence-corrected chi connectivity index (χ3v) is 2.06. The molecule has 0 aliphatic rings. The molecule has 0 spiro atoms. The van der Waals surface area contributed by atoms with E-state index in [1.165, 1.54) is 6.20 Å². The molecule has 1 atom stereocenters. The Balaban J connectivity index is 0.00000324. The first kappa shape index (κ1) is 17.5. The van der Waals surface area contributed by atoms with Crippen LogP contribution in [0.15, 0.2) is 18.3 Å². The smallest absolute Gasteiger partial charge is 0.272 e. The first-order valence-corrected chi connectivity index (χ1v) is 5.39. The van der Waals surface area contributed by atoms with E-state index < -0.39 is 19.1 Å². The molecule has 0 aromatic carbocycles. The molecule has 0 saturated carbocycles. The number of nitrogens with zero attached hydrogens (tertiary/aromatic N) is 1. The van der Waals surface area contributed by atoms with Gasteiger partial charge in [0.15, 0.2) is 6.61 Å². The molecule has 1 amide bonds. The zero-order valence-corrected chi connectivity index (χ0v) is 11.1. The second kappa shape index (κ2) is 8.60. The van der Waals surface area contributed by atoms with Crippen LogP contribution in [-0.2, 0) is 11.3 Å². The summed E-state index contributed by atoms with van der Waals surface area (Å²) in [6, 6.07) is 2.63. The number of halogens is 3. The van der Waals surface area contributed by atoms with E-state index in [2.05, 4.69) is 10.3 Å². The van der Waals surface area contributed by atoms with Crippen molar-refractivity contribution in [2.24, 2.45) is 5.73 Å². The van der Waals surface area contributed by atoms with Gasteiger partial charge in [-0.2, -0.15) is 0 Å². The fourth-order valence-electron chi connectivity index (χ4n) is 1.17. The number of hydrogen-bond donors (Lipinski definition) is 2. The van der Waals surface area contributed by atoms with Gasteiger partial charge in [-0.25, -0.2) is 13.8 Å². The van der Waals surface area contributed by atoms with Gasteiger partial charge in [0.1, 0.15) is 0 Å². The zero-order valence-electron chi connectivity index (χ0n) is 10.3. The van der Waals surface area contributed by atoms with Gasteiger partial charge < -0.3 is 15.8 Å². The van der Waals surface area contributed by atoms with E-state index in [4.69, 9.17) is 10.5 Å². The Morgan fingerprint density at radius 3 is 2.84 bits per heavy atom. The Bertz CT molecular complexity index is 405. The molecule has 3 N–H and O–H groups in total. The van der Waals surface area contributed by atoms with Crippen molar-refractivity contribution in [3.63, 3.8) is 0 Å². The number of aromatic nitrogens is 1. The summed E-state index contributed by atoms with van der Waals surface area (Å²) < 4.78 is 28.9. The van der Waals surface area contributed by atoms with Crippen molar-refractivity contribution < 1.29 is 18.3 Å². The van der Waals surface area contributed by atoms with Crippen LogP contribution in [0.4, 0.5) is 8.78 Å². The lowest BCUT2D eigenvalue weighted by Gasteiger charge is -2.11. The highest BCUT2D eigenvalue weighted by molar-refractivity contribution is 5.85. The van der Waals surface area contributed by atoms with Crippen LogP contribution in [0, 0.1) is 0 Å². The third-order valence-electron chi connectivity index (χ3n) is 2.06. The molecule has 1 unspecified atom stereocenters. The minimum absolute atomic E-state index is 0. The van der Waals surface area contributed by atoms with Crippen LogP contribution in [-0.4, -0.2) is 30.0 Å². The minimum atomic E-state index is -2.57. The minimum Gasteiger partial charge on any atom is -0.471 e. The summed E-state index contributed by atoms with van der Waals surface area (Å²) in [7, 11) is 0. The van der Waals surface area contributed by atoms with E-state index in [0.29, 0.717) is 5.56 Å². The summed E-state index contributed by atoms with van der Waals surface area (Å²) in [5.41, 5.74) is 5.90. The van der Waals surface area contributed by atoms with Gasteiger partial charge in [0.05, 0.1) is 6.04 Å². The maximum absolute atomic E-state index is 12.0. The molecule has 5 nitrogen and oxygen atoms in total. The predicted octanol–water partition coefficient (Wildman–Crippen LogP) is 1.11. The average molecular weight is 296 g/mol. The third kappa shape index (κ3) is 6.30. The number of ether oxygens (including phenoxy) is 1. The van der Waals surface area contributed by atoms with Gasteiger partial charge in [-0.3, -0.25) is 4.79 Å². The molecule has 1 aromatic heterocycles. The van der Waals surface area contributed by atoms with Gasteiger partial charge in [0.25, 0.3) is 6.43 Å². The largest absolute Gasteiger partial charge is 0.471 e. The molecule has 0 fully saturated rings. The summed E-state index contributed by atoms with van der Waals surface area (Å²) in [5, 5.41) is 2.55. The first-order chi connectivity index (χ1) is 8.50. The highest BCUT2D eigenvalue weighted by atomic mass is 35.5. The van der Waals surface area contributed by atoms with E-state index in [0.717, 1.165) is 0 Å². The van der Waals surface area contributed by atoms with E-state index in [-0.39, 0.29) is 30.7 Å². The standard InChI is InChI=1S/C11H15F2N3O2.ClH/c1-7(14)10(17)16-5-8-3-2-4-15-11(8)18-6-9(12)13;/h2-4,7,9H,5-6,14H2,1H3,(H,16,17);1H. The van der Waals surface area contributed by atoms with Gasteiger partial charge in [-0.15, -0.1) is 12.4 Å². The topological polar surface area (TPSA) is 77.2 Å². The Hall–Kier alpha value is -1.47. The molecule has 0 bridgehead atoms. The monoisotopic (exact) mass is 295 g/mol. The maximum atomic E-state index is 12.0. The number of nitrogens with one attached hydrogen (secondary N) is 1. The molecular weight excluding hydrogens is 280 g/mol. The van der Waals surface area contributed by atoms with Crippen molar-refractivity contribution >= 4 is 18.3 Å². The lowest BCUT2D eigenvalue weighted by atomic mass is 10.2. The SMILES string of the molecule is CC(N)C(=O)NCc1cccnc1OCC(F)F.Cl. The van der Waals surface area contributed by atoms with Gasteiger partial charge >= 0.3 is 0 Å². The Kier molecular flexibility index (Phi) is 7.94. The summed E-state index contributed by atoms with van der Waals surface area (Å²) in [6.07, 6.45) is -1.14. The van der Waals surface area contributed by atoms with Gasteiger partial charge in [0, 0.05) is 18.3 Å². The molecule has 1 aromatic rings. The van der Waals surface area contributed by atoms with E-state index in [1.54, 1.807) is 19.1 Å². The van der Waals surface area contributed by atoms with Crippen molar-refractivity contribution in [1.29, 1.82) is 0 Å². The molecule has 0 aliphatic carbocycles. The predicted molar refractivity (Wildman–Crippen MR) is 68.5 cm³/mol. The van der Waals surface area contributed by atoms with Crippen LogP contribution in [0.1, 0.15) is 12.5 Å². The van der Waals surface area contributed by atoms with Crippen LogP contribution in [0.2, 0.25) is 0 Å². The number of rotatable bonds is 6. The molecular formula is C11H16ClF2N3O2. The van der Waals surface area contributed by atoms with Gasteiger partial charge in [0.2, 0.25) is 11.8 Å². The highest BCUT2D eigenvalue weighted by Gasteiger charge is 2.11. The van der Waals surface area contributed by atoms with Crippen molar-refractivity contribution in [2.75, 3.05) is 6.61 Å². The Morgan fingerprint density at radius 1 is 1.58 bits per heavy atom. The normalized spacial score (nSPS) is 11.6. The summed E-state index contributed by atoms with van der Waals surface area (Å²) in [4.78, 5) is 15.1. The second-order valence-corrected chi connectivity index (χ2v) is 3.68. The summed E-state index contributed by atoms with van der Waals surface area (Å²) in [5.74, 6) is -0.249. The van der Waals surface area contributed by atoms with Crippen molar-refractivity contribution in [2.45, 2.75) is 25.9 Å². The Labute approximate surface area is 115 Å². The van der Waals surface area contributed by atoms with Crippen molar-refractivity contribution in [3.8, 4) is 5.88 Å². The molecule has 0 saturated heterocycles. The summed E-state index contributed by atoms with van der Waals surface area (Å²) >= 11 is 0. The van der Waals surface area contributed by atoms with E-state index in [1.807, 2.05) is 0 Å². The maximum Gasteiger partial charge on any atom is 0.272 e. The Morgan fingerprint density at radius 2 is 2.26 bits per heavy atom. The van der Waals surface area contributed by atoms with Gasteiger partial charge in [-0.1, -0.05) is 6.07 Å². The second-order valence-electron chi connectivity index (χ2n) is 3.68. The van der Waals surface area contributed by atoms with Crippen LogP contribution in [0.25, 0.3) is 0 Å². The molecule has 8 heteroatoms. The molecule has 19 heavy (non-hydrogen) atoms. The lowest BCUT2D eigenvalue weighted by Crippen LogP contribution is -2.37. The number of carbonyl (C=O) groups excluding carboxylic acids is 1. The number of alkyl halides is 2. The molecule has 1 heterocycles. The molecule has 1 rings (SSSR count). The average Bonchev–Trinajstić information content (AvgIpc) is 2.34. The van der Waals surface area contributed by atoms with Crippen molar-refractivity contribution in [3.05, 3.63) is 23.9 Å². The van der Waals surface area contributed by atoms with Crippen LogP contribution in [0.3, 0.4) is 0 Å². The number of hydrogen-bond acceptors (Lipinski definition) is 4. The van der Waals surface area contributed by atoms with E-state index >= 15 is 0 Å². The highest BCUT2D eigenvalue weighted by Crippen LogP contribution is 2.14. The lowest BCUT2D eigenvalue weighted by molar-refractivity contribution is -0.122. The number of pyridine rings is 1. The molecule has 0 aliphatic heterocycles. The zero-order chi connectivity index (χ0) is 13.5. The van der Waals surface area contributed by atoms with Gasteiger partial charge in [-0.05, 0) is 13.0 Å². The fourth-order valence-corrected chi connectivity index (χ4v) is 1.17. The molecule has 108 valence electrons. The summed E-state index contributed by atoms with van der Waals surface area (Å²) in [6.45, 7) is 0.949. The number of nitrogens with two attached hydrogens (primary N) is 1. The fraction of sp³-hybridized carbons (Fsp3) is 0.455. The van der Waals surface area contributed by atoms with Crippen molar-refractivity contribution in [1.82, 2.24) is 10.3 Å². The number of amides is 1. The molecule has 0 radical (unpaired) electrons.